The van der Waals surface area contributed by atoms with Gasteiger partial charge in [0.05, 0.1) is 11.1 Å². The molecule has 0 fully saturated rings. The molecule has 0 saturated carbocycles. The second-order valence-corrected chi connectivity index (χ2v) is 5.80. The van der Waals surface area contributed by atoms with Crippen LogP contribution in [0.1, 0.15) is 43.6 Å². The van der Waals surface area contributed by atoms with Crippen molar-refractivity contribution in [3.8, 4) is 0 Å². The third kappa shape index (κ3) is 3.88. The third-order valence-electron chi connectivity index (χ3n) is 3.24. The van der Waals surface area contributed by atoms with E-state index in [1.54, 1.807) is 0 Å². The van der Waals surface area contributed by atoms with Crippen LogP contribution in [0.2, 0.25) is 0 Å². The van der Waals surface area contributed by atoms with E-state index in [4.69, 9.17) is 5.11 Å². The normalized spacial score (nSPS) is 13.9. The molecule has 2 N–H and O–H groups in total. The zero-order chi connectivity index (χ0) is 15.7. The van der Waals surface area contributed by atoms with Gasteiger partial charge >= 0.3 is 12.1 Å². The number of carboxylic acid groups (broad SMARTS) is 1. The molecule has 0 heterocycles. The number of hydrogen-bond donors (Lipinski definition) is 2. The molecule has 0 saturated heterocycles. The van der Waals surface area contributed by atoms with Crippen LogP contribution < -0.4 is 5.32 Å². The lowest BCUT2D eigenvalue weighted by atomic mass is 9.88. The van der Waals surface area contributed by atoms with Gasteiger partial charge in [0.2, 0.25) is 0 Å². The molecule has 0 radical (unpaired) electrons. The minimum Gasteiger partial charge on any atom is -0.478 e. The van der Waals surface area contributed by atoms with Crippen LogP contribution in [0, 0.1) is 5.41 Å². The van der Waals surface area contributed by atoms with E-state index in [-0.39, 0.29) is 17.1 Å². The molecule has 1 rings (SSSR count). The van der Waals surface area contributed by atoms with Crippen LogP contribution in [0.3, 0.4) is 0 Å². The number of nitrogens with one attached hydrogen (secondary N) is 1. The first-order valence-electron chi connectivity index (χ1n) is 6.14. The Morgan fingerprint density at radius 3 is 2.20 bits per heavy atom. The summed E-state index contributed by atoms with van der Waals surface area (Å²) >= 11 is 0. The fourth-order valence-corrected chi connectivity index (χ4v) is 1.52. The highest BCUT2D eigenvalue weighted by molar-refractivity contribution is 5.90. The standard InChI is InChI=1S/C14H18F3NO2/c1-8(13(2,3)4)18-9-5-6-10(12(19)20)11(7-9)14(15,16)17/h5-8,18H,1-4H3,(H,19,20). The molecule has 1 unspecified atom stereocenters. The Hall–Kier alpha value is -1.72. The van der Waals surface area contributed by atoms with Gasteiger partial charge in [0.15, 0.2) is 0 Å². The number of benzene rings is 1. The van der Waals surface area contributed by atoms with E-state index in [1.165, 1.54) is 6.07 Å². The number of rotatable bonds is 3. The molecule has 0 bridgehead atoms. The molecule has 0 aliphatic rings. The molecule has 20 heavy (non-hydrogen) atoms. The van der Waals surface area contributed by atoms with Gasteiger partial charge in [0.25, 0.3) is 0 Å². The third-order valence-corrected chi connectivity index (χ3v) is 3.24. The van der Waals surface area contributed by atoms with Gasteiger partial charge in [-0.3, -0.25) is 0 Å². The van der Waals surface area contributed by atoms with Crippen LogP contribution in [0.15, 0.2) is 18.2 Å². The Bertz CT molecular complexity index is 504. The van der Waals surface area contributed by atoms with Crippen molar-refractivity contribution < 1.29 is 23.1 Å². The van der Waals surface area contributed by atoms with Crippen molar-refractivity contribution in [1.82, 2.24) is 0 Å². The fourth-order valence-electron chi connectivity index (χ4n) is 1.52. The minimum atomic E-state index is -4.70. The van der Waals surface area contributed by atoms with E-state index in [0.717, 1.165) is 12.1 Å². The topological polar surface area (TPSA) is 49.3 Å². The van der Waals surface area contributed by atoms with Crippen molar-refractivity contribution in [2.24, 2.45) is 5.41 Å². The smallest absolute Gasteiger partial charge is 0.417 e. The van der Waals surface area contributed by atoms with E-state index < -0.39 is 23.3 Å². The lowest BCUT2D eigenvalue weighted by Gasteiger charge is -2.29. The molecule has 1 aromatic carbocycles. The number of alkyl halides is 3. The molecule has 3 nitrogen and oxygen atoms in total. The number of hydrogen-bond acceptors (Lipinski definition) is 2. The molecule has 6 heteroatoms. The molecule has 1 atom stereocenters. The Kier molecular flexibility index (Phi) is 4.36. The van der Waals surface area contributed by atoms with Gasteiger partial charge in [-0.25, -0.2) is 4.79 Å². The van der Waals surface area contributed by atoms with Crippen molar-refractivity contribution >= 4 is 11.7 Å². The van der Waals surface area contributed by atoms with Crippen molar-refractivity contribution in [1.29, 1.82) is 0 Å². The summed E-state index contributed by atoms with van der Waals surface area (Å²) in [5.74, 6) is -1.59. The Labute approximate surface area is 115 Å². The van der Waals surface area contributed by atoms with Gasteiger partial charge in [0.1, 0.15) is 0 Å². The number of carboxylic acids is 1. The summed E-state index contributed by atoms with van der Waals surface area (Å²) in [5, 5.41) is 11.8. The second kappa shape index (κ2) is 5.34. The lowest BCUT2D eigenvalue weighted by molar-refractivity contribution is -0.138. The Morgan fingerprint density at radius 1 is 1.25 bits per heavy atom. The van der Waals surface area contributed by atoms with Crippen LogP contribution in [0.4, 0.5) is 18.9 Å². The monoisotopic (exact) mass is 289 g/mol. The van der Waals surface area contributed by atoms with E-state index in [2.05, 4.69) is 5.32 Å². The van der Waals surface area contributed by atoms with Gasteiger partial charge in [-0.2, -0.15) is 13.2 Å². The molecule has 0 aromatic heterocycles. The zero-order valence-corrected chi connectivity index (χ0v) is 11.8. The molecule has 112 valence electrons. The van der Waals surface area contributed by atoms with Crippen molar-refractivity contribution in [3.63, 3.8) is 0 Å². The van der Waals surface area contributed by atoms with E-state index >= 15 is 0 Å². The largest absolute Gasteiger partial charge is 0.478 e. The number of halogens is 3. The van der Waals surface area contributed by atoms with E-state index in [1.807, 2.05) is 27.7 Å². The average molecular weight is 289 g/mol. The number of aromatic carboxylic acids is 1. The van der Waals surface area contributed by atoms with Gasteiger partial charge in [-0.05, 0) is 30.5 Å². The molecule has 0 amide bonds. The van der Waals surface area contributed by atoms with Crippen LogP contribution in [0.5, 0.6) is 0 Å². The van der Waals surface area contributed by atoms with Crippen molar-refractivity contribution in [3.05, 3.63) is 29.3 Å². The zero-order valence-electron chi connectivity index (χ0n) is 11.8. The quantitative estimate of drug-likeness (QED) is 0.874. The predicted octanol–water partition coefficient (Wildman–Crippen LogP) is 4.25. The Morgan fingerprint density at radius 2 is 1.80 bits per heavy atom. The highest BCUT2D eigenvalue weighted by Gasteiger charge is 2.35. The highest BCUT2D eigenvalue weighted by atomic mass is 19.4. The Balaban J connectivity index is 3.17. The van der Waals surface area contributed by atoms with Crippen LogP contribution in [-0.2, 0) is 6.18 Å². The van der Waals surface area contributed by atoms with Gasteiger partial charge in [-0.1, -0.05) is 20.8 Å². The minimum absolute atomic E-state index is 0.0701. The van der Waals surface area contributed by atoms with Crippen molar-refractivity contribution in [2.45, 2.75) is 39.9 Å². The first kappa shape index (κ1) is 16.3. The first-order valence-corrected chi connectivity index (χ1v) is 6.14. The summed E-state index contributed by atoms with van der Waals surface area (Å²) < 4.78 is 38.6. The summed E-state index contributed by atoms with van der Waals surface area (Å²) in [6.07, 6.45) is -4.70. The van der Waals surface area contributed by atoms with Crippen LogP contribution in [-0.4, -0.2) is 17.1 Å². The predicted molar refractivity (Wildman–Crippen MR) is 70.9 cm³/mol. The van der Waals surface area contributed by atoms with Gasteiger partial charge in [0, 0.05) is 11.7 Å². The van der Waals surface area contributed by atoms with Crippen LogP contribution >= 0.6 is 0 Å². The molecule has 0 aliphatic heterocycles. The summed E-state index contributed by atoms with van der Waals surface area (Å²) in [6, 6.07) is 3.09. The SMILES string of the molecule is CC(Nc1ccc(C(=O)O)c(C(F)(F)F)c1)C(C)(C)C. The highest BCUT2D eigenvalue weighted by Crippen LogP contribution is 2.34. The van der Waals surface area contributed by atoms with Crippen LogP contribution in [0.25, 0.3) is 0 Å². The maximum atomic E-state index is 12.9. The maximum absolute atomic E-state index is 12.9. The first-order chi connectivity index (χ1) is 8.93. The second-order valence-electron chi connectivity index (χ2n) is 5.80. The summed E-state index contributed by atoms with van der Waals surface area (Å²) in [6.45, 7) is 7.74. The summed E-state index contributed by atoms with van der Waals surface area (Å²) in [4.78, 5) is 10.8. The maximum Gasteiger partial charge on any atom is 0.417 e. The molecular formula is C14H18F3NO2. The lowest BCUT2D eigenvalue weighted by Crippen LogP contribution is -2.31. The van der Waals surface area contributed by atoms with Gasteiger partial charge < -0.3 is 10.4 Å². The molecule has 1 aromatic rings. The van der Waals surface area contributed by atoms with Crippen molar-refractivity contribution in [2.75, 3.05) is 5.32 Å². The van der Waals surface area contributed by atoms with E-state index in [9.17, 15) is 18.0 Å². The molecule has 0 spiro atoms. The van der Waals surface area contributed by atoms with E-state index in [0.29, 0.717) is 0 Å². The number of anilines is 1. The summed E-state index contributed by atoms with van der Waals surface area (Å²) in [5.41, 5.74) is -1.77. The van der Waals surface area contributed by atoms with Gasteiger partial charge in [-0.15, -0.1) is 0 Å². The molecule has 0 aliphatic carbocycles. The fraction of sp³-hybridized carbons (Fsp3) is 0.500. The molecular weight excluding hydrogens is 271 g/mol. The number of carbonyl (C=O) groups is 1. The summed E-state index contributed by atoms with van der Waals surface area (Å²) in [7, 11) is 0. The average Bonchev–Trinajstić information content (AvgIpc) is 2.26.